The van der Waals surface area contributed by atoms with E-state index in [1.165, 1.54) is 16.9 Å². The zero-order chi connectivity index (χ0) is 24.6. The van der Waals surface area contributed by atoms with Crippen molar-refractivity contribution in [1.29, 1.82) is 0 Å². The standard InChI is InChI=1S/C22H25F3N8O/c1-12(2)18-20(34)30-17-13(3)29-21(31-19(17)32(18)4)27-8-14-9-28-33(10-14)11-16-15(22(23,24)25)6-5-7-26-16/h5-7,9-10,12,18H,8,11H2,1-4H3,(H,30,34)(H,27,29,31). The minimum absolute atomic E-state index is 0.0904. The van der Waals surface area contributed by atoms with E-state index < -0.39 is 11.7 Å². The van der Waals surface area contributed by atoms with Gasteiger partial charge in [-0.25, -0.2) is 4.98 Å². The maximum atomic E-state index is 13.2. The third kappa shape index (κ3) is 4.66. The van der Waals surface area contributed by atoms with Crippen LogP contribution in [0.5, 0.6) is 0 Å². The highest BCUT2D eigenvalue weighted by Gasteiger charge is 2.35. The number of carbonyl (C=O) groups excluding carboxylic acids is 1. The molecule has 34 heavy (non-hydrogen) atoms. The molecule has 4 rings (SSSR count). The molecule has 4 heterocycles. The van der Waals surface area contributed by atoms with Gasteiger partial charge >= 0.3 is 6.18 Å². The van der Waals surface area contributed by atoms with Crippen LogP contribution in [0.15, 0.2) is 30.7 Å². The number of aryl methyl sites for hydroxylation is 1. The summed E-state index contributed by atoms with van der Waals surface area (Å²) in [6.45, 7) is 5.94. The van der Waals surface area contributed by atoms with Crippen LogP contribution in [0.4, 0.5) is 30.6 Å². The van der Waals surface area contributed by atoms with E-state index in [0.29, 0.717) is 29.7 Å². The predicted molar refractivity (Wildman–Crippen MR) is 120 cm³/mol. The molecule has 0 aromatic carbocycles. The summed E-state index contributed by atoms with van der Waals surface area (Å²) in [6, 6.07) is 1.92. The van der Waals surface area contributed by atoms with Crippen molar-refractivity contribution in [2.45, 2.75) is 46.1 Å². The molecule has 0 spiro atoms. The lowest BCUT2D eigenvalue weighted by atomic mass is 9.99. The van der Waals surface area contributed by atoms with Gasteiger partial charge in [-0.1, -0.05) is 13.8 Å². The highest BCUT2D eigenvalue weighted by molar-refractivity contribution is 6.03. The van der Waals surface area contributed by atoms with Crippen LogP contribution in [0.25, 0.3) is 0 Å². The summed E-state index contributed by atoms with van der Waals surface area (Å²) >= 11 is 0. The van der Waals surface area contributed by atoms with Gasteiger partial charge in [0.1, 0.15) is 11.7 Å². The second kappa shape index (κ2) is 8.92. The summed E-state index contributed by atoms with van der Waals surface area (Å²) in [5, 5.41) is 10.2. The number of pyridine rings is 1. The summed E-state index contributed by atoms with van der Waals surface area (Å²) in [4.78, 5) is 27.2. The Labute approximate surface area is 194 Å². The Bertz CT molecular complexity index is 1210. The molecule has 1 aliphatic heterocycles. The SMILES string of the molecule is Cc1nc(NCc2cnn(Cc3ncccc3C(F)(F)F)c2)nc2c1NC(=O)C(C(C)C)N2C. The number of aromatic nitrogens is 5. The number of anilines is 3. The summed E-state index contributed by atoms with van der Waals surface area (Å²) < 4.78 is 41.1. The van der Waals surface area contributed by atoms with Gasteiger partial charge in [0.05, 0.1) is 29.7 Å². The third-order valence-corrected chi connectivity index (χ3v) is 5.62. The van der Waals surface area contributed by atoms with Gasteiger partial charge < -0.3 is 15.5 Å². The fraction of sp³-hybridized carbons (Fsp3) is 0.409. The predicted octanol–water partition coefficient (Wildman–Crippen LogP) is 3.47. The second-order valence-electron chi connectivity index (χ2n) is 8.52. The number of likely N-dealkylation sites (N-methyl/N-ethyl adjacent to an activating group) is 1. The smallest absolute Gasteiger partial charge is 0.350 e. The number of fused-ring (bicyclic) bond motifs is 1. The molecule has 9 nitrogen and oxygen atoms in total. The maximum Gasteiger partial charge on any atom is 0.418 e. The van der Waals surface area contributed by atoms with Crippen molar-refractivity contribution >= 4 is 23.4 Å². The van der Waals surface area contributed by atoms with Crippen LogP contribution in [0.2, 0.25) is 0 Å². The Morgan fingerprint density at radius 1 is 1.26 bits per heavy atom. The van der Waals surface area contributed by atoms with Crippen molar-refractivity contribution in [3.8, 4) is 0 Å². The van der Waals surface area contributed by atoms with Gasteiger partial charge in [0.2, 0.25) is 11.9 Å². The van der Waals surface area contributed by atoms with Crippen molar-refractivity contribution in [2.24, 2.45) is 5.92 Å². The van der Waals surface area contributed by atoms with Crippen molar-refractivity contribution < 1.29 is 18.0 Å². The van der Waals surface area contributed by atoms with E-state index in [2.05, 4.69) is 30.7 Å². The number of nitrogens with zero attached hydrogens (tertiary/aromatic N) is 6. The molecule has 0 aliphatic carbocycles. The first kappa shape index (κ1) is 23.5. The molecule has 1 amide bonds. The minimum Gasteiger partial charge on any atom is -0.350 e. The Kier molecular flexibility index (Phi) is 6.15. The number of amides is 1. The van der Waals surface area contributed by atoms with Crippen molar-refractivity contribution in [3.05, 3.63) is 53.2 Å². The van der Waals surface area contributed by atoms with Crippen LogP contribution in [-0.4, -0.2) is 43.7 Å². The molecule has 3 aromatic heterocycles. The van der Waals surface area contributed by atoms with Gasteiger partial charge in [0.25, 0.3) is 0 Å². The largest absolute Gasteiger partial charge is 0.418 e. The lowest BCUT2D eigenvalue weighted by molar-refractivity contribution is -0.138. The molecular formula is C22H25F3N8O. The summed E-state index contributed by atoms with van der Waals surface area (Å²) in [5.41, 5.74) is 1.07. The first-order valence-electron chi connectivity index (χ1n) is 10.7. The first-order valence-corrected chi connectivity index (χ1v) is 10.7. The Morgan fingerprint density at radius 3 is 2.74 bits per heavy atom. The normalized spacial score (nSPS) is 15.9. The molecule has 0 radical (unpaired) electrons. The van der Waals surface area contributed by atoms with E-state index in [0.717, 1.165) is 11.6 Å². The molecule has 180 valence electrons. The van der Waals surface area contributed by atoms with Gasteiger partial charge in [0, 0.05) is 31.5 Å². The third-order valence-electron chi connectivity index (χ3n) is 5.62. The number of alkyl halides is 3. The van der Waals surface area contributed by atoms with Crippen molar-refractivity contribution in [1.82, 2.24) is 24.7 Å². The summed E-state index contributed by atoms with van der Waals surface area (Å²) in [5.74, 6) is 0.997. The highest BCUT2D eigenvalue weighted by atomic mass is 19.4. The minimum atomic E-state index is -4.48. The Morgan fingerprint density at radius 2 is 2.03 bits per heavy atom. The van der Waals surface area contributed by atoms with Gasteiger partial charge in [-0.05, 0) is 25.0 Å². The quantitative estimate of drug-likeness (QED) is 0.564. The molecule has 12 heteroatoms. The first-order chi connectivity index (χ1) is 16.0. The maximum absolute atomic E-state index is 13.2. The van der Waals surface area contributed by atoms with Gasteiger partial charge in [-0.3, -0.25) is 14.5 Å². The number of carbonyl (C=O) groups is 1. The van der Waals surface area contributed by atoms with Gasteiger partial charge in [-0.2, -0.15) is 23.3 Å². The zero-order valence-corrected chi connectivity index (χ0v) is 19.2. The molecule has 3 aromatic rings. The van der Waals surface area contributed by atoms with E-state index in [4.69, 9.17) is 0 Å². The molecule has 0 saturated heterocycles. The molecular weight excluding hydrogens is 449 g/mol. The highest BCUT2D eigenvalue weighted by Crippen LogP contribution is 2.34. The number of halogens is 3. The van der Waals surface area contributed by atoms with Crippen LogP contribution < -0.4 is 15.5 Å². The molecule has 0 fully saturated rings. The van der Waals surface area contributed by atoms with E-state index in [-0.39, 0.29) is 30.1 Å². The summed E-state index contributed by atoms with van der Waals surface area (Å²) in [7, 11) is 1.83. The van der Waals surface area contributed by atoms with E-state index in [9.17, 15) is 18.0 Å². The number of nitrogens with one attached hydrogen (secondary N) is 2. The van der Waals surface area contributed by atoms with Crippen LogP contribution in [0, 0.1) is 12.8 Å². The van der Waals surface area contributed by atoms with Gasteiger partial charge in [0.15, 0.2) is 5.82 Å². The lowest BCUT2D eigenvalue weighted by Gasteiger charge is -2.36. The van der Waals surface area contributed by atoms with E-state index in [1.807, 2.05) is 25.8 Å². The average molecular weight is 474 g/mol. The lowest BCUT2D eigenvalue weighted by Crippen LogP contribution is -2.49. The summed E-state index contributed by atoms with van der Waals surface area (Å²) in [6.07, 6.45) is 0.0589. The molecule has 1 atom stereocenters. The fourth-order valence-electron chi connectivity index (χ4n) is 4.03. The van der Waals surface area contributed by atoms with Crippen molar-refractivity contribution in [2.75, 3.05) is 22.6 Å². The van der Waals surface area contributed by atoms with Crippen LogP contribution in [-0.2, 0) is 24.1 Å². The molecule has 1 aliphatic rings. The second-order valence-corrected chi connectivity index (χ2v) is 8.52. The molecule has 2 N–H and O–H groups in total. The van der Waals surface area contributed by atoms with Crippen LogP contribution in [0.3, 0.4) is 0 Å². The molecule has 0 saturated carbocycles. The molecule has 1 unspecified atom stereocenters. The monoisotopic (exact) mass is 474 g/mol. The van der Waals surface area contributed by atoms with Crippen LogP contribution >= 0.6 is 0 Å². The fourth-order valence-corrected chi connectivity index (χ4v) is 4.03. The number of hydrogen-bond donors (Lipinski definition) is 2. The van der Waals surface area contributed by atoms with Gasteiger partial charge in [-0.15, -0.1) is 0 Å². The van der Waals surface area contributed by atoms with Crippen molar-refractivity contribution in [3.63, 3.8) is 0 Å². The Hall–Kier alpha value is -3.70. The van der Waals surface area contributed by atoms with E-state index >= 15 is 0 Å². The number of rotatable bonds is 6. The van der Waals surface area contributed by atoms with Crippen LogP contribution in [0.1, 0.15) is 36.4 Å². The van der Waals surface area contributed by atoms with E-state index in [1.54, 1.807) is 19.3 Å². The molecule has 0 bridgehead atoms. The zero-order valence-electron chi connectivity index (χ0n) is 19.2. The topological polar surface area (TPSA) is 101 Å². The Balaban J connectivity index is 1.48. The average Bonchev–Trinajstić information content (AvgIpc) is 3.20. The number of hydrogen-bond acceptors (Lipinski definition) is 7.